The predicted molar refractivity (Wildman–Crippen MR) is 70.2 cm³/mol. The highest BCUT2D eigenvalue weighted by atomic mass is 16.1. The molecule has 0 fully saturated rings. The average Bonchev–Trinajstić information content (AvgIpc) is 2.65. The van der Waals surface area contributed by atoms with Crippen LogP contribution in [0.1, 0.15) is 21.7 Å². The minimum absolute atomic E-state index is 0.421. The van der Waals surface area contributed by atoms with Crippen LogP contribution in [-0.2, 0) is 13.6 Å². The van der Waals surface area contributed by atoms with Gasteiger partial charge in [-0.15, -0.1) is 0 Å². The molecule has 0 atom stereocenters. The highest BCUT2D eigenvalue weighted by Gasteiger charge is 2.03. The van der Waals surface area contributed by atoms with Crippen LogP contribution in [0.5, 0.6) is 0 Å². The molecule has 0 saturated carbocycles. The van der Waals surface area contributed by atoms with Crippen LogP contribution >= 0.6 is 0 Å². The number of aryl methyl sites for hydroxylation is 2. The quantitative estimate of drug-likeness (QED) is 0.854. The third-order valence-electron chi connectivity index (χ3n) is 2.72. The van der Waals surface area contributed by atoms with Gasteiger partial charge in [0.05, 0.1) is 17.9 Å². The molecule has 0 saturated heterocycles. The molecular formula is C13H16N4O. The van der Waals surface area contributed by atoms with Gasteiger partial charge in [0.25, 0.3) is 0 Å². The lowest BCUT2D eigenvalue weighted by Crippen LogP contribution is -2.11. The van der Waals surface area contributed by atoms with Gasteiger partial charge >= 0.3 is 0 Å². The van der Waals surface area contributed by atoms with E-state index in [2.05, 4.69) is 10.4 Å². The number of carbonyl (C=O) groups is 1. The summed E-state index contributed by atoms with van der Waals surface area (Å²) in [5.41, 5.74) is 8.67. The molecule has 5 heteroatoms. The summed E-state index contributed by atoms with van der Waals surface area (Å²) in [6.07, 6.45) is 0. The molecule has 0 spiro atoms. The van der Waals surface area contributed by atoms with Crippen LogP contribution in [0.25, 0.3) is 0 Å². The Labute approximate surface area is 106 Å². The van der Waals surface area contributed by atoms with Gasteiger partial charge in [-0.25, -0.2) is 0 Å². The van der Waals surface area contributed by atoms with Crippen LogP contribution in [0.2, 0.25) is 0 Å². The number of rotatable bonds is 4. The second-order valence-corrected chi connectivity index (χ2v) is 4.20. The number of primary amides is 1. The van der Waals surface area contributed by atoms with Crippen molar-refractivity contribution in [2.75, 3.05) is 5.32 Å². The van der Waals surface area contributed by atoms with Crippen molar-refractivity contribution in [2.45, 2.75) is 13.5 Å². The van der Waals surface area contributed by atoms with Crippen molar-refractivity contribution in [3.05, 3.63) is 47.3 Å². The third kappa shape index (κ3) is 2.68. The Morgan fingerprint density at radius 1 is 1.44 bits per heavy atom. The fraction of sp³-hybridized carbons (Fsp3) is 0.231. The Morgan fingerprint density at radius 3 is 2.83 bits per heavy atom. The normalized spacial score (nSPS) is 10.3. The molecule has 0 aliphatic carbocycles. The SMILES string of the molecule is Cc1cc(CNc2cccc(C(N)=O)c2)n(C)n1. The van der Waals surface area contributed by atoms with Crippen molar-refractivity contribution in [1.29, 1.82) is 0 Å². The van der Waals surface area contributed by atoms with Gasteiger partial charge in [-0.2, -0.15) is 5.10 Å². The summed E-state index contributed by atoms with van der Waals surface area (Å²) in [7, 11) is 1.91. The lowest BCUT2D eigenvalue weighted by molar-refractivity contribution is 0.100. The first kappa shape index (κ1) is 12.2. The van der Waals surface area contributed by atoms with E-state index in [9.17, 15) is 4.79 Å². The highest BCUT2D eigenvalue weighted by Crippen LogP contribution is 2.12. The molecule has 94 valence electrons. The van der Waals surface area contributed by atoms with Crippen molar-refractivity contribution < 1.29 is 4.79 Å². The van der Waals surface area contributed by atoms with E-state index in [0.29, 0.717) is 12.1 Å². The van der Waals surface area contributed by atoms with E-state index in [1.54, 1.807) is 18.2 Å². The number of benzene rings is 1. The Hall–Kier alpha value is -2.30. The number of nitrogens with two attached hydrogens (primary N) is 1. The van der Waals surface area contributed by atoms with Crippen LogP contribution in [0.15, 0.2) is 30.3 Å². The van der Waals surface area contributed by atoms with Gasteiger partial charge in [0.15, 0.2) is 0 Å². The Bertz CT molecular complexity index is 574. The molecular weight excluding hydrogens is 228 g/mol. The van der Waals surface area contributed by atoms with E-state index in [4.69, 9.17) is 5.73 Å². The van der Waals surface area contributed by atoms with Crippen molar-refractivity contribution in [2.24, 2.45) is 12.8 Å². The molecule has 2 aromatic rings. The molecule has 5 nitrogen and oxygen atoms in total. The molecule has 1 heterocycles. The Kier molecular flexibility index (Phi) is 3.32. The average molecular weight is 244 g/mol. The molecule has 0 aliphatic rings. The van der Waals surface area contributed by atoms with E-state index in [-0.39, 0.29) is 0 Å². The number of nitrogens with zero attached hydrogens (tertiary/aromatic N) is 2. The molecule has 18 heavy (non-hydrogen) atoms. The summed E-state index contributed by atoms with van der Waals surface area (Å²) in [6, 6.07) is 9.16. The Balaban J connectivity index is 2.08. The fourth-order valence-electron chi connectivity index (χ4n) is 1.80. The van der Waals surface area contributed by atoms with Gasteiger partial charge in [0.1, 0.15) is 0 Å². The maximum absolute atomic E-state index is 11.1. The predicted octanol–water partition coefficient (Wildman–Crippen LogP) is 1.44. The van der Waals surface area contributed by atoms with Gasteiger partial charge in [-0.3, -0.25) is 9.48 Å². The second-order valence-electron chi connectivity index (χ2n) is 4.20. The summed E-state index contributed by atoms with van der Waals surface area (Å²) < 4.78 is 1.83. The topological polar surface area (TPSA) is 72.9 Å². The summed E-state index contributed by atoms with van der Waals surface area (Å²) in [5, 5.41) is 7.51. The van der Waals surface area contributed by atoms with Crippen molar-refractivity contribution in [3.8, 4) is 0 Å². The second kappa shape index (κ2) is 4.91. The maximum Gasteiger partial charge on any atom is 0.248 e. The van der Waals surface area contributed by atoms with Gasteiger partial charge in [0, 0.05) is 18.3 Å². The van der Waals surface area contributed by atoms with E-state index in [1.165, 1.54) is 0 Å². The fourth-order valence-corrected chi connectivity index (χ4v) is 1.80. The standard InChI is InChI=1S/C13H16N4O/c1-9-6-12(17(2)16-9)8-15-11-5-3-4-10(7-11)13(14)18/h3-7,15H,8H2,1-2H3,(H2,14,18). The number of anilines is 1. The van der Waals surface area contributed by atoms with Crippen molar-refractivity contribution in [1.82, 2.24) is 9.78 Å². The number of nitrogens with one attached hydrogen (secondary N) is 1. The zero-order chi connectivity index (χ0) is 13.1. The summed E-state index contributed by atoms with van der Waals surface area (Å²) >= 11 is 0. The zero-order valence-electron chi connectivity index (χ0n) is 10.5. The van der Waals surface area contributed by atoms with Crippen LogP contribution < -0.4 is 11.1 Å². The van der Waals surface area contributed by atoms with Crippen LogP contribution in [0.4, 0.5) is 5.69 Å². The minimum atomic E-state index is -0.421. The first-order valence-corrected chi connectivity index (χ1v) is 5.69. The largest absolute Gasteiger partial charge is 0.379 e. The smallest absolute Gasteiger partial charge is 0.248 e. The van der Waals surface area contributed by atoms with Crippen LogP contribution in [0, 0.1) is 6.92 Å². The summed E-state index contributed by atoms with van der Waals surface area (Å²) in [5.74, 6) is -0.421. The molecule has 1 aromatic carbocycles. The lowest BCUT2D eigenvalue weighted by Gasteiger charge is -2.07. The molecule has 2 rings (SSSR count). The maximum atomic E-state index is 11.1. The van der Waals surface area contributed by atoms with Gasteiger partial charge in [0.2, 0.25) is 5.91 Å². The highest BCUT2D eigenvalue weighted by molar-refractivity contribution is 5.93. The molecule has 0 bridgehead atoms. The van der Waals surface area contributed by atoms with E-state index >= 15 is 0 Å². The van der Waals surface area contributed by atoms with Gasteiger partial charge in [-0.05, 0) is 31.2 Å². The lowest BCUT2D eigenvalue weighted by atomic mass is 10.2. The molecule has 0 aliphatic heterocycles. The Morgan fingerprint density at radius 2 is 2.22 bits per heavy atom. The minimum Gasteiger partial charge on any atom is -0.379 e. The molecule has 1 amide bonds. The van der Waals surface area contributed by atoms with E-state index in [1.807, 2.05) is 30.8 Å². The van der Waals surface area contributed by atoms with Gasteiger partial charge < -0.3 is 11.1 Å². The first-order valence-electron chi connectivity index (χ1n) is 5.69. The number of carbonyl (C=O) groups excluding carboxylic acids is 1. The van der Waals surface area contributed by atoms with Crippen molar-refractivity contribution in [3.63, 3.8) is 0 Å². The molecule has 0 unspecified atom stereocenters. The van der Waals surface area contributed by atoms with Crippen LogP contribution in [-0.4, -0.2) is 15.7 Å². The number of hydrogen-bond acceptors (Lipinski definition) is 3. The van der Waals surface area contributed by atoms with E-state index in [0.717, 1.165) is 17.1 Å². The van der Waals surface area contributed by atoms with E-state index < -0.39 is 5.91 Å². The number of aromatic nitrogens is 2. The number of hydrogen-bond donors (Lipinski definition) is 2. The summed E-state index contributed by atoms with van der Waals surface area (Å²) in [4.78, 5) is 11.1. The van der Waals surface area contributed by atoms with Gasteiger partial charge in [-0.1, -0.05) is 6.07 Å². The van der Waals surface area contributed by atoms with Crippen molar-refractivity contribution >= 4 is 11.6 Å². The first-order chi connectivity index (χ1) is 8.56. The number of amides is 1. The third-order valence-corrected chi connectivity index (χ3v) is 2.72. The molecule has 1 aromatic heterocycles. The van der Waals surface area contributed by atoms with Crippen LogP contribution in [0.3, 0.4) is 0 Å². The monoisotopic (exact) mass is 244 g/mol. The summed E-state index contributed by atoms with van der Waals surface area (Å²) in [6.45, 7) is 2.61. The molecule has 3 N–H and O–H groups in total. The zero-order valence-corrected chi connectivity index (χ0v) is 10.5. The molecule has 0 radical (unpaired) electrons.